The Bertz CT molecular complexity index is 241. The van der Waals surface area contributed by atoms with Crippen LogP contribution < -0.4 is 0 Å². The van der Waals surface area contributed by atoms with E-state index in [9.17, 15) is 4.79 Å². The standard InChI is InChI=1S/C14H29NO3/c1-6-15(12(2)11-18-5)10-8-7-9-14(3,4)13(16)17/h12H,6-11H2,1-5H3,(H,16,17). The second-order valence-electron chi connectivity index (χ2n) is 5.58. The Morgan fingerprint density at radius 3 is 2.44 bits per heavy atom. The maximum absolute atomic E-state index is 11.0. The lowest BCUT2D eigenvalue weighted by molar-refractivity contribution is -0.147. The van der Waals surface area contributed by atoms with E-state index in [1.165, 1.54) is 0 Å². The summed E-state index contributed by atoms with van der Waals surface area (Å²) in [5.74, 6) is -0.706. The van der Waals surface area contributed by atoms with Crippen molar-refractivity contribution >= 4 is 5.97 Å². The lowest BCUT2D eigenvalue weighted by atomic mass is 9.87. The van der Waals surface area contributed by atoms with Crippen LogP contribution in [-0.4, -0.2) is 48.8 Å². The highest BCUT2D eigenvalue weighted by Crippen LogP contribution is 2.23. The molecule has 108 valence electrons. The molecule has 0 aromatic carbocycles. The first kappa shape index (κ1) is 17.4. The van der Waals surface area contributed by atoms with Crippen molar-refractivity contribution < 1.29 is 14.6 Å². The van der Waals surface area contributed by atoms with Crippen LogP contribution in [-0.2, 0) is 9.53 Å². The number of unbranched alkanes of at least 4 members (excludes halogenated alkanes) is 1. The van der Waals surface area contributed by atoms with Gasteiger partial charge in [0.15, 0.2) is 0 Å². The molecule has 0 bridgehead atoms. The minimum Gasteiger partial charge on any atom is -0.481 e. The van der Waals surface area contributed by atoms with E-state index in [-0.39, 0.29) is 0 Å². The molecule has 0 aliphatic heterocycles. The van der Waals surface area contributed by atoms with Crippen LogP contribution >= 0.6 is 0 Å². The van der Waals surface area contributed by atoms with Gasteiger partial charge in [0.25, 0.3) is 0 Å². The Hall–Kier alpha value is -0.610. The van der Waals surface area contributed by atoms with Crippen molar-refractivity contribution in [2.24, 2.45) is 5.41 Å². The van der Waals surface area contributed by atoms with Crippen LogP contribution in [0.1, 0.15) is 47.0 Å². The summed E-state index contributed by atoms with van der Waals surface area (Å²) in [6.45, 7) is 10.7. The van der Waals surface area contributed by atoms with Gasteiger partial charge in [0, 0.05) is 13.2 Å². The molecule has 4 heteroatoms. The van der Waals surface area contributed by atoms with E-state index in [0.29, 0.717) is 6.04 Å². The van der Waals surface area contributed by atoms with E-state index in [1.54, 1.807) is 21.0 Å². The van der Waals surface area contributed by atoms with Crippen LogP contribution in [0.2, 0.25) is 0 Å². The summed E-state index contributed by atoms with van der Waals surface area (Å²) in [5.41, 5.74) is -0.602. The first-order chi connectivity index (χ1) is 8.35. The first-order valence-corrected chi connectivity index (χ1v) is 6.81. The number of methoxy groups -OCH3 is 1. The van der Waals surface area contributed by atoms with Crippen LogP contribution in [0.5, 0.6) is 0 Å². The number of carbonyl (C=O) groups is 1. The van der Waals surface area contributed by atoms with Crippen LogP contribution in [0, 0.1) is 5.41 Å². The monoisotopic (exact) mass is 259 g/mol. The topological polar surface area (TPSA) is 49.8 Å². The largest absolute Gasteiger partial charge is 0.481 e. The Labute approximate surface area is 111 Å². The highest BCUT2D eigenvalue weighted by Gasteiger charge is 2.26. The predicted octanol–water partition coefficient (Wildman–Crippen LogP) is 2.62. The molecule has 0 fully saturated rings. The van der Waals surface area contributed by atoms with Crippen LogP contribution in [0.25, 0.3) is 0 Å². The molecule has 1 unspecified atom stereocenters. The molecule has 0 saturated heterocycles. The van der Waals surface area contributed by atoms with Crippen molar-refractivity contribution in [3.05, 3.63) is 0 Å². The zero-order valence-corrected chi connectivity index (χ0v) is 12.5. The number of carboxylic acids is 1. The predicted molar refractivity (Wildman–Crippen MR) is 73.9 cm³/mol. The Balaban J connectivity index is 3.91. The summed E-state index contributed by atoms with van der Waals surface area (Å²) in [7, 11) is 1.72. The molecule has 0 heterocycles. The van der Waals surface area contributed by atoms with E-state index in [4.69, 9.17) is 9.84 Å². The summed E-state index contributed by atoms with van der Waals surface area (Å²) in [5, 5.41) is 9.03. The molecule has 1 N–H and O–H groups in total. The second-order valence-corrected chi connectivity index (χ2v) is 5.58. The molecule has 0 aliphatic rings. The van der Waals surface area contributed by atoms with E-state index >= 15 is 0 Å². The van der Waals surface area contributed by atoms with Crippen LogP contribution in [0.4, 0.5) is 0 Å². The molecular formula is C14H29NO3. The highest BCUT2D eigenvalue weighted by atomic mass is 16.5. The van der Waals surface area contributed by atoms with E-state index in [0.717, 1.165) is 39.0 Å². The van der Waals surface area contributed by atoms with Gasteiger partial charge in [-0.1, -0.05) is 13.3 Å². The van der Waals surface area contributed by atoms with Gasteiger partial charge in [0.1, 0.15) is 0 Å². The van der Waals surface area contributed by atoms with Crippen molar-refractivity contribution in [2.45, 2.75) is 53.0 Å². The molecule has 0 saturated carbocycles. The van der Waals surface area contributed by atoms with Crippen molar-refractivity contribution in [1.82, 2.24) is 4.90 Å². The SMILES string of the molecule is CCN(CCCCC(C)(C)C(=O)O)C(C)COC. The molecular weight excluding hydrogens is 230 g/mol. The Kier molecular flexibility index (Phi) is 8.20. The average Bonchev–Trinajstić information content (AvgIpc) is 2.29. The van der Waals surface area contributed by atoms with Crippen LogP contribution in [0.15, 0.2) is 0 Å². The fraction of sp³-hybridized carbons (Fsp3) is 0.929. The van der Waals surface area contributed by atoms with E-state index in [1.807, 2.05) is 0 Å². The number of rotatable bonds is 10. The van der Waals surface area contributed by atoms with Gasteiger partial charge in [-0.15, -0.1) is 0 Å². The molecule has 18 heavy (non-hydrogen) atoms. The van der Waals surface area contributed by atoms with Gasteiger partial charge in [-0.3, -0.25) is 9.69 Å². The number of ether oxygens (including phenoxy) is 1. The molecule has 4 nitrogen and oxygen atoms in total. The molecule has 0 aliphatic carbocycles. The van der Waals surface area contributed by atoms with Gasteiger partial charge in [0.05, 0.1) is 12.0 Å². The van der Waals surface area contributed by atoms with Gasteiger partial charge in [-0.2, -0.15) is 0 Å². The Morgan fingerprint density at radius 2 is 2.00 bits per heavy atom. The molecule has 0 aromatic rings. The van der Waals surface area contributed by atoms with Crippen molar-refractivity contribution in [3.63, 3.8) is 0 Å². The van der Waals surface area contributed by atoms with Gasteiger partial charge in [0.2, 0.25) is 0 Å². The lowest BCUT2D eigenvalue weighted by Crippen LogP contribution is -2.36. The summed E-state index contributed by atoms with van der Waals surface area (Å²) in [4.78, 5) is 13.3. The number of aliphatic carboxylic acids is 1. The van der Waals surface area contributed by atoms with Crippen molar-refractivity contribution in [3.8, 4) is 0 Å². The molecule has 0 aromatic heterocycles. The smallest absolute Gasteiger partial charge is 0.309 e. The molecule has 0 rings (SSSR count). The minimum atomic E-state index is -0.706. The number of nitrogens with zero attached hydrogens (tertiary/aromatic N) is 1. The number of hydrogen-bond acceptors (Lipinski definition) is 3. The number of hydrogen-bond donors (Lipinski definition) is 1. The van der Waals surface area contributed by atoms with Gasteiger partial charge < -0.3 is 9.84 Å². The normalized spacial score (nSPS) is 13.9. The van der Waals surface area contributed by atoms with Crippen molar-refractivity contribution in [1.29, 1.82) is 0 Å². The average molecular weight is 259 g/mol. The summed E-state index contributed by atoms with van der Waals surface area (Å²) in [6.07, 6.45) is 2.73. The Morgan fingerprint density at radius 1 is 1.39 bits per heavy atom. The molecule has 0 radical (unpaired) electrons. The fourth-order valence-electron chi connectivity index (χ4n) is 2.03. The summed E-state index contributed by atoms with van der Waals surface area (Å²) in [6, 6.07) is 0.424. The molecule has 1 atom stereocenters. The van der Waals surface area contributed by atoms with E-state index < -0.39 is 11.4 Å². The third-order valence-electron chi connectivity index (χ3n) is 3.51. The van der Waals surface area contributed by atoms with Crippen LogP contribution in [0.3, 0.4) is 0 Å². The third-order valence-corrected chi connectivity index (χ3v) is 3.51. The number of carboxylic acid groups (broad SMARTS) is 1. The maximum Gasteiger partial charge on any atom is 0.309 e. The zero-order chi connectivity index (χ0) is 14.2. The van der Waals surface area contributed by atoms with Crippen molar-refractivity contribution in [2.75, 3.05) is 26.8 Å². The lowest BCUT2D eigenvalue weighted by Gasteiger charge is -2.27. The van der Waals surface area contributed by atoms with Gasteiger partial charge >= 0.3 is 5.97 Å². The highest BCUT2D eigenvalue weighted by molar-refractivity contribution is 5.73. The quantitative estimate of drug-likeness (QED) is 0.613. The minimum absolute atomic E-state index is 0.424. The molecule has 0 amide bonds. The fourth-order valence-corrected chi connectivity index (χ4v) is 2.03. The third kappa shape index (κ3) is 6.36. The van der Waals surface area contributed by atoms with Gasteiger partial charge in [-0.25, -0.2) is 0 Å². The van der Waals surface area contributed by atoms with E-state index in [2.05, 4.69) is 18.7 Å². The summed E-state index contributed by atoms with van der Waals surface area (Å²) < 4.78 is 5.16. The second kappa shape index (κ2) is 8.48. The molecule has 0 spiro atoms. The summed E-state index contributed by atoms with van der Waals surface area (Å²) >= 11 is 0. The number of likely N-dealkylation sites (N-methyl/N-ethyl adjacent to an activating group) is 1. The van der Waals surface area contributed by atoms with Gasteiger partial charge in [-0.05, 0) is 46.7 Å². The first-order valence-electron chi connectivity index (χ1n) is 6.81. The maximum atomic E-state index is 11.0. The zero-order valence-electron chi connectivity index (χ0n) is 12.5.